The van der Waals surface area contributed by atoms with Gasteiger partial charge >= 0.3 is 0 Å². The summed E-state index contributed by atoms with van der Waals surface area (Å²) in [5, 5.41) is 2.70. The minimum absolute atomic E-state index is 0.0280. The van der Waals surface area contributed by atoms with Crippen LogP contribution in [0, 0.1) is 5.92 Å². The van der Waals surface area contributed by atoms with Gasteiger partial charge < -0.3 is 15.0 Å². The van der Waals surface area contributed by atoms with E-state index < -0.39 is 0 Å². The van der Waals surface area contributed by atoms with Gasteiger partial charge in [-0.15, -0.1) is 0 Å². The van der Waals surface area contributed by atoms with Crippen LogP contribution in [0.2, 0.25) is 0 Å². The molecule has 0 radical (unpaired) electrons. The van der Waals surface area contributed by atoms with E-state index in [0.717, 1.165) is 38.9 Å². The number of benzene rings is 1. The fourth-order valence-electron chi connectivity index (χ4n) is 3.46. The van der Waals surface area contributed by atoms with Crippen LogP contribution in [-0.4, -0.2) is 49.7 Å². The molecule has 2 aliphatic rings. The lowest BCUT2D eigenvalue weighted by molar-refractivity contribution is -0.132. The molecule has 0 aliphatic carbocycles. The number of fused-ring (bicyclic) bond motifs is 1. The van der Waals surface area contributed by atoms with E-state index in [-0.39, 0.29) is 18.1 Å². The van der Waals surface area contributed by atoms with Crippen molar-refractivity contribution in [2.45, 2.75) is 31.5 Å². The minimum Gasteiger partial charge on any atom is -0.364 e. The van der Waals surface area contributed by atoms with Crippen LogP contribution in [0.3, 0.4) is 0 Å². The van der Waals surface area contributed by atoms with Gasteiger partial charge in [-0.1, -0.05) is 30.3 Å². The van der Waals surface area contributed by atoms with Gasteiger partial charge in [0, 0.05) is 20.1 Å². The van der Waals surface area contributed by atoms with Crippen LogP contribution >= 0.6 is 0 Å². The van der Waals surface area contributed by atoms with Crippen LogP contribution in [-0.2, 0) is 16.0 Å². The molecule has 1 aromatic rings. The lowest BCUT2D eigenvalue weighted by atomic mass is 9.91. The van der Waals surface area contributed by atoms with Gasteiger partial charge in [0.15, 0.2) is 0 Å². The van der Waals surface area contributed by atoms with E-state index in [1.807, 2.05) is 0 Å². The Morgan fingerprint density at radius 3 is 2.95 bits per heavy atom. The lowest BCUT2D eigenvalue weighted by Crippen LogP contribution is -2.43. The SMILES string of the molecule is CNC(=O)[C@@H]1C[C@@H]2CCN(CCc3ccccc3)C[C@H]2O1. The Balaban J connectivity index is 1.50. The predicted molar refractivity (Wildman–Crippen MR) is 82.0 cm³/mol. The Hall–Kier alpha value is -1.39. The number of hydrogen-bond donors (Lipinski definition) is 1. The van der Waals surface area contributed by atoms with Gasteiger partial charge in [0.05, 0.1) is 6.10 Å². The second-order valence-electron chi connectivity index (χ2n) is 6.10. The van der Waals surface area contributed by atoms with E-state index in [2.05, 4.69) is 40.5 Å². The molecule has 2 fully saturated rings. The summed E-state index contributed by atoms with van der Waals surface area (Å²) in [6.07, 6.45) is 3.11. The molecule has 0 spiro atoms. The Labute approximate surface area is 126 Å². The van der Waals surface area contributed by atoms with E-state index in [1.165, 1.54) is 5.56 Å². The highest BCUT2D eigenvalue weighted by atomic mass is 16.5. The first kappa shape index (κ1) is 14.5. The number of amides is 1. The summed E-state index contributed by atoms with van der Waals surface area (Å²) >= 11 is 0. The maximum Gasteiger partial charge on any atom is 0.248 e. The fourth-order valence-corrected chi connectivity index (χ4v) is 3.46. The fraction of sp³-hybridized carbons (Fsp3) is 0.588. The first-order valence-electron chi connectivity index (χ1n) is 7.89. The van der Waals surface area contributed by atoms with Gasteiger partial charge in [-0.05, 0) is 37.3 Å². The van der Waals surface area contributed by atoms with Gasteiger partial charge in [0.2, 0.25) is 5.91 Å². The van der Waals surface area contributed by atoms with Crippen molar-refractivity contribution >= 4 is 5.91 Å². The van der Waals surface area contributed by atoms with Gasteiger partial charge in [-0.25, -0.2) is 0 Å². The zero-order chi connectivity index (χ0) is 14.7. The number of likely N-dealkylation sites (tertiary alicyclic amines) is 1. The highest BCUT2D eigenvalue weighted by Gasteiger charge is 2.41. The van der Waals surface area contributed by atoms with E-state index in [9.17, 15) is 4.79 Å². The molecule has 1 N–H and O–H groups in total. The van der Waals surface area contributed by atoms with Crippen LogP contribution in [0.15, 0.2) is 30.3 Å². The molecule has 0 unspecified atom stereocenters. The Morgan fingerprint density at radius 1 is 1.38 bits per heavy atom. The van der Waals surface area contributed by atoms with Gasteiger partial charge in [0.25, 0.3) is 0 Å². The van der Waals surface area contributed by atoms with E-state index in [4.69, 9.17) is 4.74 Å². The van der Waals surface area contributed by atoms with Crippen LogP contribution in [0.4, 0.5) is 0 Å². The van der Waals surface area contributed by atoms with Crippen molar-refractivity contribution in [1.29, 1.82) is 0 Å². The zero-order valence-electron chi connectivity index (χ0n) is 12.6. The summed E-state index contributed by atoms with van der Waals surface area (Å²) in [7, 11) is 1.68. The summed E-state index contributed by atoms with van der Waals surface area (Å²) in [5.74, 6) is 0.584. The number of nitrogens with zero attached hydrogens (tertiary/aromatic N) is 1. The molecule has 1 aromatic carbocycles. The second kappa shape index (κ2) is 6.58. The van der Waals surface area contributed by atoms with Crippen molar-refractivity contribution in [2.24, 2.45) is 5.92 Å². The van der Waals surface area contributed by atoms with Crippen molar-refractivity contribution in [1.82, 2.24) is 10.2 Å². The number of hydrogen-bond acceptors (Lipinski definition) is 3. The van der Waals surface area contributed by atoms with Crippen LogP contribution in [0.1, 0.15) is 18.4 Å². The summed E-state index contributed by atoms with van der Waals surface area (Å²) in [6.45, 7) is 3.16. The Bertz CT molecular complexity index is 477. The maximum atomic E-state index is 11.7. The van der Waals surface area contributed by atoms with Crippen molar-refractivity contribution in [2.75, 3.05) is 26.7 Å². The molecule has 3 atom stereocenters. The van der Waals surface area contributed by atoms with Crippen molar-refractivity contribution < 1.29 is 9.53 Å². The third-order valence-corrected chi connectivity index (χ3v) is 4.73. The molecular formula is C17H24N2O2. The zero-order valence-corrected chi connectivity index (χ0v) is 12.6. The molecule has 2 heterocycles. The number of nitrogens with one attached hydrogen (secondary N) is 1. The highest BCUT2D eigenvalue weighted by molar-refractivity contribution is 5.80. The topological polar surface area (TPSA) is 41.6 Å². The molecule has 4 nitrogen and oxygen atoms in total. The standard InChI is InChI=1S/C17H24N2O2/c1-18-17(20)15-11-14-8-10-19(12-16(14)21-15)9-7-13-5-3-2-4-6-13/h2-6,14-16H,7-12H2,1H3,(H,18,20)/t14-,15-,16+/m0/s1. The number of carbonyl (C=O) groups excluding carboxylic acids is 1. The predicted octanol–water partition coefficient (Wildman–Crippen LogP) is 1.45. The van der Waals surface area contributed by atoms with Gasteiger partial charge in [-0.2, -0.15) is 0 Å². The number of likely N-dealkylation sites (N-methyl/N-ethyl adjacent to an activating group) is 1. The van der Waals surface area contributed by atoms with Crippen molar-refractivity contribution in [3.8, 4) is 0 Å². The van der Waals surface area contributed by atoms with Crippen molar-refractivity contribution in [3.05, 3.63) is 35.9 Å². The molecular weight excluding hydrogens is 264 g/mol. The molecule has 4 heteroatoms. The first-order chi connectivity index (χ1) is 10.3. The molecule has 0 saturated carbocycles. The monoisotopic (exact) mass is 288 g/mol. The lowest BCUT2D eigenvalue weighted by Gasteiger charge is -2.34. The van der Waals surface area contributed by atoms with Crippen molar-refractivity contribution in [3.63, 3.8) is 0 Å². The average Bonchev–Trinajstić information content (AvgIpc) is 2.96. The number of piperidine rings is 1. The van der Waals surface area contributed by atoms with E-state index in [1.54, 1.807) is 7.05 Å². The molecule has 2 aliphatic heterocycles. The smallest absolute Gasteiger partial charge is 0.248 e. The molecule has 3 rings (SSSR count). The molecule has 0 bridgehead atoms. The molecule has 0 aromatic heterocycles. The Kier molecular flexibility index (Phi) is 4.56. The maximum absolute atomic E-state index is 11.7. The van der Waals surface area contributed by atoms with E-state index >= 15 is 0 Å². The average molecular weight is 288 g/mol. The molecule has 114 valence electrons. The summed E-state index contributed by atoms with van der Waals surface area (Å²) in [5.41, 5.74) is 1.38. The Morgan fingerprint density at radius 2 is 2.19 bits per heavy atom. The molecule has 2 saturated heterocycles. The van der Waals surface area contributed by atoms with Crippen LogP contribution in [0.25, 0.3) is 0 Å². The normalized spacial score (nSPS) is 29.1. The van der Waals surface area contributed by atoms with E-state index in [0.29, 0.717) is 5.92 Å². The molecule has 1 amide bonds. The van der Waals surface area contributed by atoms with Crippen LogP contribution in [0.5, 0.6) is 0 Å². The first-order valence-corrected chi connectivity index (χ1v) is 7.89. The summed E-state index contributed by atoms with van der Waals surface area (Å²) < 4.78 is 5.95. The van der Waals surface area contributed by atoms with Crippen LogP contribution < -0.4 is 5.32 Å². The summed E-state index contributed by atoms with van der Waals surface area (Å²) in [6, 6.07) is 10.6. The highest BCUT2D eigenvalue weighted by Crippen LogP contribution is 2.33. The number of carbonyl (C=O) groups is 1. The van der Waals surface area contributed by atoms with Gasteiger partial charge in [0.1, 0.15) is 6.10 Å². The number of rotatable bonds is 4. The largest absolute Gasteiger partial charge is 0.364 e. The van der Waals surface area contributed by atoms with Gasteiger partial charge in [-0.3, -0.25) is 4.79 Å². The number of ether oxygens (including phenoxy) is 1. The quantitative estimate of drug-likeness (QED) is 0.912. The third kappa shape index (κ3) is 3.44. The minimum atomic E-state index is -0.237. The second-order valence-corrected chi connectivity index (χ2v) is 6.10. The molecule has 21 heavy (non-hydrogen) atoms. The summed E-state index contributed by atoms with van der Waals surface area (Å²) in [4.78, 5) is 14.2. The third-order valence-electron chi connectivity index (χ3n) is 4.73.